The number of aliphatic hydroxyl groups is 1. The van der Waals surface area contributed by atoms with Crippen molar-refractivity contribution in [3.05, 3.63) is 69.4 Å². The van der Waals surface area contributed by atoms with Gasteiger partial charge in [0.2, 0.25) is 0 Å². The smallest absolute Gasteiger partial charge is 0.267 e. The van der Waals surface area contributed by atoms with Crippen LogP contribution in [-0.4, -0.2) is 49.8 Å². The number of hydrogen-bond donors (Lipinski definition) is 1. The number of anilines is 1. The minimum Gasteiger partial charge on any atom is -0.467 e. The molecule has 1 N–H and O–H groups in total. The molecule has 0 bridgehead atoms. The number of likely N-dealkylation sites (N-methyl/N-ethyl adjacent to an activating group) is 1. The van der Waals surface area contributed by atoms with Gasteiger partial charge in [0, 0.05) is 19.8 Å². The lowest BCUT2D eigenvalue weighted by molar-refractivity contribution is -0.122. The van der Waals surface area contributed by atoms with Gasteiger partial charge < -0.3 is 14.4 Å². The van der Waals surface area contributed by atoms with Crippen LogP contribution in [0.2, 0.25) is 0 Å². The van der Waals surface area contributed by atoms with Crippen molar-refractivity contribution in [2.75, 3.05) is 25.1 Å². The van der Waals surface area contributed by atoms with Gasteiger partial charge in [-0.2, -0.15) is 0 Å². The molecule has 0 aromatic carbocycles. The van der Waals surface area contributed by atoms with Gasteiger partial charge in [-0.15, -0.1) is 0 Å². The van der Waals surface area contributed by atoms with E-state index in [0.29, 0.717) is 26.5 Å². The lowest BCUT2D eigenvalue weighted by Crippen LogP contribution is -2.29. The van der Waals surface area contributed by atoms with Crippen molar-refractivity contribution in [2.45, 2.75) is 6.54 Å². The molecule has 0 spiro atoms. The number of hydrogen-bond acceptors (Lipinski definition) is 8. The van der Waals surface area contributed by atoms with Gasteiger partial charge in [-0.3, -0.25) is 18.9 Å². The molecule has 1 saturated heterocycles. The average molecular weight is 443 g/mol. The molecule has 1 amide bonds. The van der Waals surface area contributed by atoms with Gasteiger partial charge in [-0.25, -0.2) is 4.98 Å². The van der Waals surface area contributed by atoms with Crippen LogP contribution in [0.5, 0.6) is 0 Å². The number of furan rings is 1. The molecule has 3 aromatic heterocycles. The number of aliphatic hydroxyl groups excluding tert-OH is 1. The Hall–Kier alpha value is -2.95. The molecule has 1 aliphatic heterocycles. The summed E-state index contributed by atoms with van der Waals surface area (Å²) in [6.45, 7) is 0.411. The molecule has 0 atom stereocenters. The number of amides is 1. The van der Waals surface area contributed by atoms with E-state index in [1.807, 2.05) is 0 Å². The van der Waals surface area contributed by atoms with Crippen LogP contribution in [0.3, 0.4) is 0 Å². The van der Waals surface area contributed by atoms with Crippen molar-refractivity contribution in [1.82, 2.24) is 14.3 Å². The fourth-order valence-electron chi connectivity index (χ4n) is 3.09. The zero-order valence-electron chi connectivity index (χ0n) is 16.0. The highest BCUT2D eigenvalue weighted by Crippen LogP contribution is 2.34. The highest BCUT2D eigenvalue weighted by atomic mass is 32.2. The molecule has 0 unspecified atom stereocenters. The van der Waals surface area contributed by atoms with Gasteiger partial charge in [0.05, 0.1) is 29.9 Å². The third-order valence-corrected chi connectivity index (χ3v) is 5.97. The summed E-state index contributed by atoms with van der Waals surface area (Å²) in [6, 6.07) is 8.76. The first kappa shape index (κ1) is 20.3. The second kappa shape index (κ2) is 8.42. The Morgan fingerprint density at radius 2 is 2.13 bits per heavy atom. The number of thioether (sulfide) groups is 1. The fraction of sp³-hybridized carbons (Fsp3) is 0.200. The summed E-state index contributed by atoms with van der Waals surface area (Å²) in [5, 5.41) is 9.33. The first-order valence-electron chi connectivity index (χ1n) is 9.10. The van der Waals surface area contributed by atoms with Crippen molar-refractivity contribution >= 4 is 51.7 Å². The zero-order valence-corrected chi connectivity index (χ0v) is 17.7. The van der Waals surface area contributed by atoms with E-state index in [9.17, 15) is 14.7 Å². The van der Waals surface area contributed by atoms with Gasteiger partial charge in [0.15, 0.2) is 0 Å². The van der Waals surface area contributed by atoms with Crippen LogP contribution in [0.25, 0.3) is 11.7 Å². The van der Waals surface area contributed by atoms with E-state index in [2.05, 4.69) is 4.98 Å². The van der Waals surface area contributed by atoms with Gasteiger partial charge in [0.1, 0.15) is 21.5 Å². The molecule has 8 nitrogen and oxygen atoms in total. The van der Waals surface area contributed by atoms with Gasteiger partial charge in [-0.05, 0) is 30.3 Å². The molecule has 10 heteroatoms. The van der Waals surface area contributed by atoms with Crippen LogP contribution in [0.4, 0.5) is 5.82 Å². The van der Waals surface area contributed by atoms with E-state index in [1.54, 1.807) is 48.5 Å². The predicted molar refractivity (Wildman–Crippen MR) is 119 cm³/mol. The van der Waals surface area contributed by atoms with Crippen LogP contribution >= 0.6 is 24.0 Å². The highest BCUT2D eigenvalue weighted by Gasteiger charge is 2.33. The minimum atomic E-state index is -0.309. The van der Waals surface area contributed by atoms with Crippen molar-refractivity contribution in [3.63, 3.8) is 0 Å². The summed E-state index contributed by atoms with van der Waals surface area (Å²) < 4.78 is 7.13. The number of carbonyl (C=O) groups excluding carboxylic acids is 1. The monoisotopic (exact) mass is 442 g/mol. The average Bonchev–Trinajstić information content (AvgIpc) is 3.34. The van der Waals surface area contributed by atoms with Crippen LogP contribution < -0.4 is 10.5 Å². The van der Waals surface area contributed by atoms with Crippen LogP contribution in [0, 0.1) is 0 Å². The van der Waals surface area contributed by atoms with Crippen molar-refractivity contribution < 1.29 is 14.3 Å². The SMILES string of the molecule is CN(CCO)c1nc2ccccn2c(=O)c1C=C1SC(=S)N(Cc2ccco2)C1=O. The first-order valence-corrected chi connectivity index (χ1v) is 10.3. The van der Waals surface area contributed by atoms with Crippen molar-refractivity contribution in [3.8, 4) is 0 Å². The van der Waals surface area contributed by atoms with Gasteiger partial charge in [0.25, 0.3) is 11.5 Å². The molecule has 1 fully saturated rings. The van der Waals surface area contributed by atoms with Crippen LogP contribution in [0.1, 0.15) is 11.3 Å². The maximum Gasteiger partial charge on any atom is 0.267 e. The first-order chi connectivity index (χ1) is 14.5. The second-order valence-corrected chi connectivity index (χ2v) is 8.25. The number of aromatic nitrogens is 2. The van der Waals surface area contributed by atoms with E-state index < -0.39 is 0 Å². The van der Waals surface area contributed by atoms with Crippen LogP contribution in [0.15, 0.2) is 56.9 Å². The summed E-state index contributed by atoms with van der Waals surface area (Å²) >= 11 is 6.49. The molecule has 154 valence electrons. The Morgan fingerprint density at radius 3 is 2.87 bits per heavy atom. The number of pyridine rings is 1. The normalized spacial score (nSPS) is 15.5. The van der Waals surface area contributed by atoms with Crippen molar-refractivity contribution in [2.24, 2.45) is 0 Å². The lowest BCUT2D eigenvalue weighted by atomic mass is 10.2. The maximum atomic E-state index is 13.2. The molecule has 4 heterocycles. The summed E-state index contributed by atoms with van der Waals surface area (Å²) in [5.41, 5.74) is 0.426. The molecule has 30 heavy (non-hydrogen) atoms. The Labute approximate surface area is 181 Å². The number of nitrogens with zero attached hydrogens (tertiary/aromatic N) is 4. The van der Waals surface area contributed by atoms with E-state index in [-0.39, 0.29) is 36.7 Å². The Balaban J connectivity index is 1.78. The summed E-state index contributed by atoms with van der Waals surface area (Å²) in [4.78, 5) is 34.2. The predicted octanol–water partition coefficient (Wildman–Crippen LogP) is 2.12. The second-order valence-electron chi connectivity index (χ2n) is 6.58. The molecular formula is C20H18N4O4S2. The summed E-state index contributed by atoms with van der Waals surface area (Å²) in [5.74, 6) is 0.703. The Kier molecular flexibility index (Phi) is 5.71. The topological polar surface area (TPSA) is 91.3 Å². The zero-order chi connectivity index (χ0) is 21.3. The van der Waals surface area contributed by atoms with E-state index >= 15 is 0 Å². The quantitative estimate of drug-likeness (QED) is 0.459. The molecule has 1 aliphatic rings. The number of carbonyl (C=O) groups is 1. The largest absolute Gasteiger partial charge is 0.467 e. The molecular weight excluding hydrogens is 424 g/mol. The summed E-state index contributed by atoms with van der Waals surface area (Å²) in [6.07, 6.45) is 4.69. The molecule has 0 radical (unpaired) electrons. The van der Waals surface area contributed by atoms with Crippen molar-refractivity contribution in [1.29, 1.82) is 0 Å². The standard InChI is InChI=1S/C20H18N4O4S2/c1-22(8-9-25)17-14(18(26)23-7-3-2-6-16(23)21-17)11-15-19(27)24(20(29)30-15)12-13-5-4-10-28-13/h2-7,10-11,25H,8-9,12H2,1H3. The number of thiocarbonyl (C=S) groups is 1. The Bertz CT molecular complexity index is 1200. The van der Waals surface area contributed by atoms with E-state index in [1.165, 1.54) is 21.6 Å². The summed E-state index contributed by atoms with van der Waals surface area (Å²) in [7, 11) is 1.73. The number of fused-ring (bicyclic) bond motifs is 1. The van der Waals surface area contributed by atoms with Gasteiger partial charge >= 0.3 is 0 Å². The molecule has 0 aliphatic carbocycles. The fourth-order valence-corrected chi connectivity index (χ4v) is 4.33. The van der Waals surface area contributed by atoms with Crippen LogP contribution in [-0.2, 0) is 11.3 Å². The van der Waals surface area contributed by atoms with Gasteiger partial charge in [-0.1, -0.05) is 30.0 Å². The van der Waals surface area contributed by atoms with E-state index in [4.69, 9.17) is 16.6 Å². The Morgan fingerprint density at radius 1 is 1.30 bits per heavy atom. The number of rotatable bonds is 6. The molecule has 0 saturated carbocycles. The van der Waals surface area contributed by atoms with E-state index in [0.717, 1.165) is 11.8 Å². The third kappa shape index (κ3) is 3.76. The minimum absolute atomic E-state index is 0.100. The molecule has 4 rings (SSSR count). The lowest BCUT2D eigenvalue weighted by Gasteiger charge is -2.19. The molecule has 3 aromatic rings. The maximum absolute atomic E-state index is 13.2. The third-order valence-electron chi connectivity index (χ3n) is 4.59. The highest BCUT2D eigenvalue weighted by molar-refractivity contribution is 8.26.